The van der Waals surface area contributed by atoms with Crippen LogP contribution in [-0.4, -0.2) is 54.0 Å². The Kier molecular flexibility index (Phi) is 5.02. The normalized spacial score (nSPS) is 21.4. The molecule has 0 unspecified atom stereocenters. The van der Waals surface area contributed by atoms with Crippen molar-refractivity contribution in [1.29, 1.82) is 0 Å². The van der Waals surface area contributed by atoms with Crippen molar-refractivity contribution < 1.29 is 4.79 Å². The number of piperazine rings is 1. The first-order chi connectivity index (χ1) is 11.0. The van der Waals surface area contributed by atoms with Crippen LogP contribution in [0.2, 0.25) is 0 Å². The van der Waals surface area contributed by atoms with E-state index < -0.39 is 0 Å². The van der Waals surface area contributed by atoms with E-state index in [0.717, 1.165) is 38.6 Å². The van der Waals surface area contributed by atoms with Crippen molar-refractivity contribution >= 4 is 5.91 Å². The summed E-state index contributed by atoms with van der Waals surface area (Å²) in [5.74, 6) is 1.07. The summed E-state index contributed by atoms with van der Waals surface area (Å²) in [6, 6.07) is 10.6. The number of nitrogens with zero attached hydrogens (tertiary/aromatic N) is 2. The van der Waals surface area contributed by atoms with E-state index in [4.69, 9.17) is 0 Å². The van der Waals surface area contributed by atoms with Crippen molar-refractivity contribution in [3.05, 3.63) is 35.9 Å². The van der Waals surface area contributed by atoms with Crippen LogP contribution >= 0.6 is 0 Å². The van der Waals surface area contributed by atoms with Crippen molar-refractivity contribution in [2.45, 2.75) is 38.8 Å². The van der Waals surface area contributed by atoms with Crippen LogP contribution in [0.15, 0.2) is 30.3 Å². The van der Waals surface area contributed by atoms with Crippen LogP contribution in [0.5, 0.6) is 0 Å². The van der Waals surface area contributed by atoms with E-state index in [1.165, 1.54) is 18.4 Å². The van der Waals surface area contributed by atoms with E-state index in [1.54, 1.807) is 0 Å². The standard InChI is InChI=1S/C19H29N3O/c1-19(2)15-21(18(23)13-20-12-16-8-9-16)10-11-22(19)14-17-6-4-3-5-7-17/h3-7,16,20H,8-15H2,1-2H3. The average Bonchev–Trinajstić information content (AvgIpc) is 3.34. The summed E-state index contributed by atoms with van der Waals surface area (Å²) in [6.45, 7) is 9.52. The van der Waals surface area contributed by atoms with Gasteiger partial charge in [0.05, 0.1) is 6.54 Å². The number of rotatable bonds is 6. The molecule has 126 valence electrons. The van der Waals surface area contributed by atoms with Gasteiger partial charge in [-0.3, -0.25) is 9.69 Å². The summed E-state index contributed by atoms with van der Waals surface area (Å²) in [7, 11) is 0. The van der Waals surface area contributed by atoms with Gasteiger partial charge < -0.3 is 10.2 Å². The third-order valence-corrected chi connectivity index (χ3v) is 5.05. The van der Waals surface area contributed by atoms with Gasteiger partial charge in [0.25, 0.3) is 0 Å². The van der Waals surface area contributed by atoms with E-state index >= 15 is 0 Å². The Bertz CT molecular complexity index is 525. The largest absolute Gasteiger partial charge is 0.338 e. The molecular formula is C19H29N3O. The minimum Gasteiger partial charge on any atom is -0.338 e. The lowest BCUT2D eigenvalue weighted by Crippen LogP contribution is -2.60. The van der Waals surface area contributed by atoms with Crippen molar-refractivity contribution in [2.75, 3.05) is 32.7 Å². The van der Waals surface area contributed by atoms with Crippen LogP contribution in [0.25, 0.3) is 0 Å². The summed E-state index contributed by atoms with van der Waals surface area (Å²) in [4.78, 5) is 16.9. The van der Waals surface area contributed by atoms with Crippen LogP contribution in [0.3, 0.4) is 0 Å². The van der Waals surface area contributed by atoms with E-state index in [9.17, 15) is 4.79 Å². The molecule has 4 heteroatoms. The van der Waals surface area contributed by atoms with Crippen LogP contribution in [0, 0.1) is 5.92 Å². The highest BCUT2D eigenvalue weighted by Gasteiger charge is 2.35. The average molecular weight is 315 g/mol. The highest BCUT2D eigenvalue weighted by atomic mass is 16.2. The van der Waals surface area contributed by atoms with Gasteiger partial charge in [0.2, 0.25) is 5.91 Å². The first kappa shape index (κ1) is 16.5. The van der Waals surface area contributed by atoms with Gasteiger partial charge in [-0.2, -0.15) is 0 Å². The molecule has 4 nitrogen and oxygen atoms in total. The Morgan fingerprint density at radius 1 is 1.22 bits per heavy atom. The van der Waals surface area contributed by atoms with E-state index in [2.05, 4.69) is 54.4 Å². The van der Waals surface area contributed by atoms with E-state index in [0.29, 0.717) is 6.54 Å². The molecule has 1 amide bonds. The number of carbonyl (C=O) groups is 1. The highest BCUT2D eigenvalue weighted by Crippen LogP contribution is 2.27. The maximum absolute atomic E-state index is 12.4. The predicted molar refractivity (Wildman–Crippen MR) is 93.1 cm³/mol. The third-order valence-electron chi connectivity index (χ3n) is 5.05. The SMILES string of the molecule is CC1(C)CN(C(=O)CNCC2CC2)CCN1Cc1ccccc1. The van der Waals surface area contributed by atoms with E-state index in [-0.39, 0.29) is 11.4 Å². The van der Waals surface area contributed by atoms with Crippen molar-refractivity contribution in [3.63, 3.8) is 0 Å². The molecule has 0 atom stereocenters. The van der Waals surface area contributed by atoms with Gasteiger partial charge in [-0.25, -0.2) is 0 Å². The quantitative estimate of drug-likeness (QED) is 0.873. The summed E-state index contributed by atoms with van der Waals surface area (Å²) < 4.78 is 0. The summed E-state index contributed by atoms with van der Waals surface area (Å²) in [5, 5.41) is 3.32. The molecule has 0 spiro atoms. The highest BCUT2D eigenvalue weighted by molar-refractivity contribution is 5.78. The van der Waals surface area contributed by atoms with Crippen LogP contribution in [0.4, 0.5) is 0 Å². The molecule has 0 aromatic heterocycles. The molecular weight excluding hydrogens is 286 g/mol. The molecule has 1 aliphatic heterocycles. The monoisotopic (exact) mass is 315 g/mol. The fourth-order valence-corrected chi connectivity index (χ4v) is 3.32. The predicted octanol–water partition coefficient (Wildman–Crippen LogP) is 2.11. The van der Waals surface area contributed by atoms with Gasteiger partial charge in [-0.15, -0.1) is 0 Å². The molecule has 1 aliphatic carbocycles. The minimum atomic E-state index is 0.0141. The van der Waals surface area contributed by atoms with Crippen molar-refractivity contribution in [1.82, 2.24) is 15.1 Å². The zero-order chi connectivity index (χ0) is 16.3. The lowest BCUT2D eigenvalue weighted by Gasteiger charge is -2.47. The number of amides is 1. The minimum absolute atomic E-state index is 0.0141. The first-order valence-corrected chi connectivity index (χ1v) is 8.82. The molecule has 2 fully saturated rings. The molecule has 1 heterocycles. The van der Waals surface area contributed by atoms with Gasteiger partial charge in [0.15, 0.2) is 0 Å². The van der Waals surface area contributed by atoms with Crippen molar-refractivity contribution in [2.24, 2.45) is 5.92 Å². The van der Waals surface area contributed by atoms with Gasteiger partial charge in [-0.1, -0.05) is 30.3 Å². The van der Waals surface area contributed by atoms with Gasteiger partial charge in [0, 0.05) is 31.7 Å². The zero-order valence-electron chi connectivity index (χ0n) is 14.4. The molecule has 1 saturated carbocycles. The fourth-order valence-electron chi connectivity index (χ4n) is 3.32. The Hall–Kier alpha value is -1.39. The fraction of sp³-hybridized carbons (Fsp3) is 0.632. The number of hydrogen-bond acceptors (Lipinski definition) is 3. The number of hydrogen-bond donors (Lipinski definition) is 1. The third kappa shape index (κ3) is 4.55. The molecule has 1 aromatic rings. The molecule has 1 N–H and O–H groups in total. The maximum Gasteiger partial charge on any atom is 0.236 e. The topological polar surface area (TPSA) is 35.6 Å². The molecule has 23 heavy (non-hydrogen) atoms. The Morgan fingerprint density at radius 3 is 2.61 bits per heavy atom. The summed E-state index contributed by atoms with van der Waals surface area (Å²) in [5.41, 5.74) is 1.35. The zero-order valence-corrected chi connectivity index (χ0v) is 14.4. The number of carbonyl (C=O) groups excluding carboxylic acids is 1. The van der Waals surface area contributed by atoms with Crippen LogP contribution in [-0.2, 0) is 11.3 Å². The van der Waals surface area contributed by atoms with Crippen LogP contribution in [0.1, 0.15) is 32.3 Å². The Balaban J connectivity index is 1.50. The number of nitrogens with one attached hydrogen (secondary N) is 1. The van der Waals surface area contributed by atoms with Gasteiger partial charge in [-0.05, 0) is 44.7 Å². The first-order valence-electron chi connectivity index (χ1n) is 8.82. The van der Waals surface area contributed by atoms with E-state index in [1.807, 2.05) is 4.90 Å². The Labute approximate surface area is 139 Å². The second-order valence-corrected chi connectivity index (χ2v) is 7.61. The smallest absolute Gasteiger partial charge is 0.236 e. The maximum atomic E-state index is 12.4. The number of benzene rings is 1. The molecule has 0 bridgehead atoms. The molecule has 3 rings (SSSR count). The lowest BCUT2D eigenvalue weighted by molar-refractivity contribution is -0.135. The van der Waals surface area contributed by atoms with Gasteiger partial charge >= 0.3 is 0 Å². The summed E-state index contributed by atoms with van der Waals surface area (Å²) in [6.07, 6.45) is 2.65. The second-order valence-electron chi connectivity index (χ2n) is 7.61. The molecule has 1 saturated heterocycles. The van der Waals surface area contributed by atoms with Crippen molar-refractivity contribution in [3.8, 4) is 0 Å². The van der Waals surface area contributed by atoms with Gasteiger partial charge in [0.1, 0.15) is 0 Å². The molecule has 1 aromatic carbocycles. The molecule has 0 radical (unpaired) electrons. The van der Waals surface area contributed by atoms with Crippen LogP contribution < -0.4 is 5.32 Å². The Morgan fingerprint density at radius 2 is 1.96 bits per heavy atom. The lowest BCUT2D eigenvalue weighted by atomic mass is 9.97. The second kappa shape index (κ2) is 7.02. The summed E-state index contributed by atoms with van der Waals surface area (Å²) >= 11 is 0. The molecule has 2 aliphatic rings.